The summed E-state index contributed by atoms with van der Waals surface area (Å²) < 4.78 is 15.4. The molecule has 11 heteroatoms. The number of hydrogen-bond donors (Lipinski definition) is 2. The molecular formula is C19H21BrN3O6P. The number of halogens is 1. The quantitative estimate of drug-likeness (QED) is 0.354. The average molecular weight is 498 g/mol. The van der Waals surface area contributed by atoms with Crippen LogP contribution in [0.5, 0.6) is 5.75 Å². The van der Waals surface area contributed by atoms with E-state index in [-0.39, 0.29) is 17.3 Å². The van der Waals surface area contributed by atoms with E-state index in [1.807, 2.05) is 21.6 Å². The van der Waals surface area contributed by atoms with Crippen molar-refractivity contribution in [2.75, 3.05) is 39.3 Å². The normalized spacial score (nSPS) is 20.0. The lowest BCUT2D eigenvalue weighted by molar-refractivity contribution is -0.117. The molecule has 1 aromatic rings. The summed E-state index contributed by atoms with van der Waals surface area (Å²) in [4.78, 5) is 47.5. The molecule has 4 aliphatic rings. The summed E-state index contributed by atoms with van der Waals surface area (Å²) in [6, 6.07) is 4.92. The predicted molar refractivity (Wildman–Crippen MR) is 111 cm³/mol. The van der Waals surface area contributed by atoms with Crippen molar-refractivity contribution in [3.63, 3.8) is 0 Å². The Balaban J connectivity index is 0.000000152. The van der Waals surface area contributed by atoms with Gasteiger partial charge < -0.3 is 19.2 Å². The number of aryl methyl sites for hydroxylation is 1. The Morgan fingerprint density at radius 2 is 1.53 bits per heavy atom. The predicted octanol–water partition coefficient (Wildman–Crippen LogP) is 1.41. The summed E-state index contributed by atoms with van der Waals surface area (Å²) in [5.41, 5.74) is 2.86. The zero-order chi connectivity index (χ0) is 21.6. The Hall–Kier alpha value is -2.13. The van der Waals surface area contributed by atoms with Gasteiger partial charge in [-0.1, -0.05) is 6.07 Å². The highest BCUT2D eigenvalue weighted by Crippen LogP contribution is 2.41. The molecule has 0 atom stereocenters. The van der Waals surface area contributed by atoms with Crippen LogP contribution in [0.4, 0.5) is 0 Å². The molecule has 2 N–H and O–H groups in total. The maximum absolute atomic E-state index is 12.4. The maximum Gasteiger partial charge on any atom is 0.524 e. The van der Waals surface area contributed by atoms with Crippen molar-refractivity contribution in [3.05, 3.63) is 51.4 Å². The van der Waals surface area contributed by atoms with E-state index in [9.17, 15) is 14.2 Å². The van der Waals surface area contributed by atoms with Crippen molar-refractivity contribution >= 4 is 35.3 Å². The molecule has 5 rings (SSSR count). The van der Waals surface area contributed by atoms with Crippen LogP contribution in [0, 0.1) is 6.92 Å². The standard InChI is InChI=1S/C12H13N3O2.C7H8BrO4P/c16-9-7-8(13-1-2-13)12(17)11(15-5-6-15)10(9)14-3-4-14;1-5-2-3-7(6(8)4-5)12-13(9,10)11/h7H,1-6H2;2-4H,1H3,(H2,9,10,11). The molecule has 0 spiro atoms. The molecule has 3 saturated heterocycles. The molecule has 9 nitrogen and oxygen atoms in total. The summed E-state index contributed by atoms with van der Waals surface area (Å²) >= 11 is 3.13. The lowest BCUT2D eigenvalue weighted by atomic mass is 10.0. The molecule has 1 aliphatic carbocycles. The minimum absolute atomic E-state index is 0.00546. The number of Topliss-reactive ketones (excluding diaryl/α,β-unsaturated/α-hetero) is 1. The number of carbonyl (C=O) groups excluding carboxylic acids is 2. The Kier molecular flexibility index (Phi) is 5.52. The van der Waals surface area contributed by atoms with E-state index in [0.29, 0.717) is 21.6 Å². The summed E-state index contributed by atoms with van der Waals surface area (Å²) in [6.07, 6.45) is 1.52. The Labute approximate surface area is 182 Å². The number of allylic oxidation sites excluding steroid dienone is 1. The van der Waals surface area contributed by atoms with Crippen LogP contribution in [0.25, 0.3) is 0 Å². The fraction of sp³-hybridized carbons (Fsp3) is 0.368. The third-order valence-corrected chi connectivity index (χ3v) is 5.85. The van der Waals surface area contributed by atoms with Crippen molar-refractivity contribution in [3.8, 4) is 5.75 Å². The van der Waals surface area contributed by atoms with E-state index in [1.54, 1.807) is 12.1 Å². The molecule has 0 unspecified atom stereocenters. The average Bonchev–Trinajstić information content (AvgIpc) is 3.51. The highest BCUT2D eigenvalue weighted by atomic mass is 79.9. The zero-order valence-corrected chi connectivity index (χ0v) is 18.7. The van der Waals surface area contributed by atoms with E-state index in [2.05, 4.69) is 20.5 Å². The number of rotatable bonds is 5. The van der Waals surface area contributed by atoms with E-state index in [4.69, 9.17) is 9.79 Å². The molecule has 0 radical (unpaired) electrons. The zero-order valence-electron chi connectivity index (χ0n) is 16.2. The summed E-state index contributed by atoms with van der Waals surface area (Å²) in [5, 5.41) is 0. The molecule has 3 heterocycles. The highest BCUT2D eigenvalue weighted by molar-refractivity contribution is 9.10. The maximum atomic E-state index is 12.4. The van der Waals surface area contributed by atoms with Gasteiger partial charge in [0.1, 0.15) is 17.1 Å². The highest BCUT2D eigenvalue weighted by Gasteiger charge is 2.43. The third kappa shape index (κ3) is 4.95. The largest absolute Gasteiger partial charge is 0.524 e. The minimum Gasteiger partial charge on any atom is -0.403 e. The third-order valence-electron chi connectivity index (χ3n) is 4.79. The van der Waals surface area contributed by atoms with E-state index < -0.39 is 7.82 Å². The second kappa shape index (κ2) is 7.85. The number of nitrogens with zero attached hydrogens (tertiary/aromatic N) is 3. The smallest absolute Gasteiger partial charge is 0.403 e. The van der Waals surface area contributed by atoms with E-state index in [1.165, 1.54) is 12.1 Å². The monoisotopic (exact) mass is 497 g/mol. The van der Waals surface area contributed by atoms with Crippen LogP contribution in [0.15, 0.2) is 45.8 Å². The lowest BCUT2D eigenvalue weighted by Crippen LogP contribution is -2.29. The van der Waals surface area contributed by atoms with Gasteiger partial charge in [0, 0.05) is 45.3 Å². The molecule has 1 aromatic carbocycles. The molecule has 0 bridgehead atoms. The van der Waals surface area contributed by atoms with E-state index in [0.717, 1.165) is 44.8 Å². The number of benzene rings is 1. The van der Waals surface area contributed by atoms with Crippen LogP contribution in [-0.2, 0) is 14.2 Å². The SMILES string of the molecule is Cc1ccc(OP(=O)(O)O)c(Br)c1.O=C1C=C(N2CC2)C(=O)C(N2CC2)=C1N1CC1. The Bertz CT molecular complexity index is 1020. The molecule has 160 valence electrons. The fourth-order valence-electron chi connectivity index (χ4n) is 3.08. The van der Waals surface area contributed by atoms with Crippen molar-refractivity contribution < 1.29 is 28.5 Å². The van der Waals surface area contributed by atoms with Crippen LogP contribution < -0.4 is 4.52 Å². The number of hydrogen-bond acceptors (Lipinski definition) is 7. The van der Waals surface area contributed by atoms with Crippen molar-refractivity contribution in [2.45, 2.75) is 6.92 Å². The van der Waals surface area contributed by atoms with Crippen LogP contribution in [0.3, 0.4) is 0 Å². The Morgan fingerprint density at radius 3 is 2.03 bits per heavy atom. The molecule has 0 amide bonds. The van der Waals surface area contributed by atoms with Gasteiger partial charge in [-0.15, -0.1) is 0 Å². The number of ketones is 2. The molecular weight excluding hydrogens is 477 g/mol. The second-order valence-electron chi connectivity index (χ2n) is 7.40. The molecule has 0 saturated carbocycles. The van der Waals surface area contributed by atoms with Gasteiger partial charge >= 0.3 is 7.82 Å². The van der Waals surface area contributed by atoms with Crippen LogP contribution >= 0.6 is 23.8 Å². The van der Waals surface area contributed by atoms with Crippen molar-refractivity contribution in [2.24, 2.45) is 0 Å². The number of carbonyl (C=O) groups is 2. The first-order chi connectivity index (χ1) is 14.1. The van der Waals surface area contributed by atoms with Gasteiger partial charge in [-0.2, -0.15) is 0 Å². The van der Waals surface area contributed by atoms with Gasteiger partial charge in [0.25, 0.3) is 0 Å². The second-order valence-corrected chi connectivity index (χ2v) is 9.42. The van der Waals surface area contributed by atoms with Crippen LogP contribution in [0.1, 0.15) is 5.56 Å². The van der Waals surface area contributed by atoms with Gasteiger partial charge in [-0.25, -0.2) is 4.57 Å². The first kappa shape index (κ1) is 21.1. The van der Waals surface area contributed by atoms with Crippen molar-refractivity contribution in [1.29, 1.82) is 0 Å². The number of phosphoric acid groups is 1. The van der Waals surface area contributed by atoms with Gasteiger partial charge in [0.05, 0.1) is 10.2 Å². The minimum atomic E-state index is -4.46. The van der Waals surface area contributed by atoms with Crippen LogP contribution in [0.2, 0.25) is 0 Å². The topological polar surface area (TPSA) is 110 Å². The first-order valence-corrected chi connectivity index (χ1v) is 11.8. The van der Waals surface area contributed by atoms with E-state index >= 15 is 0 Å². The van der Waals surface area contributed by atoms with Gasteiger partial charge in [-0.3, -0.25) is 19.4 Å². The molecule has 3 fully saturated rings. The summed E-state index contributed by atoms with van der Waals surface area (Å²) in [6.45, 7) is 7.27. The summed E-state index contributed by atoms with van der Waals surface area (Å²) in [5.74, 6) is 0.186. The molecule has 30 heavy (non-hydrogen) atoms. The lowest BCUT2D eigenvalue weighted by Gasteiger charge is -2.21. The van der Waals surface area contributed by atoms with Crippen molar-refractivity contribution in [1.82, 2.24) is 14.7 Å². The number of phosphoric ester groups is 1. The fourth-order valence-corrected chi connectivity index (χ4v) is 4.20. The van der Waals surface area contributed by atoms with Gasteiger partial charge in [0.2, 0.25) is 11.6 Å². The molecule has 3 aliphatic heterocycles. The van der Waals surface area contributed by atoms with Gasteiger partial charge in [0.15, 0.2) is 0 Å². The summed E-state index contributed by atoms with van der Waals surface area (Å²) in [7, 11) is -4.46. The molecule has 0 aromatic heterocycles. The first-order valence-electron chi connectivity index (χ1n) is 9.45. The Morgan fingerprint density at radius 1 is 0.967 bits per heavy atom. The van der Waals surface area contributed by atoms with Crippen LogP contribution in [-0.4, -0.2) is 75.3 Å². The van der Waals surface area contributed by atoms with Gasteiger partial charge in [-0.05, 0) is 40.5 Å².